The maximum Gasteiger partial charge on any atom is 0.221 e. The summed E-state index contributed by atoms with van der Waals surface area (Å²) >= 11 is 0. The molecule has 0 unspecified atom stereocenters. The molecule has 0 fully saturated rings. The van der Waals surface area contributed by atoms with Gasteiger partial charge in [-0.15, -0.1) is 0 Å². The molecule has 0 aliphatic carbocycles. The molecule has 1 aromatic heterocycles. The van der Waals surface area contributed by atoms with Crippen molar-refractivity contribution in [3.63, 3.8) is 0 Å². The Morgan fingerprint density at radius 3 is 2.33 bits per heavy atom. The average Bonchev–Trinajstić information content (AvgIpc) is 2.11. The van der Waals surface area contributed by atoms with E-state index in [0.29, 0.717) is 6.41 Å². The fraction of sp³-hybridized carbons (Fsp3) is 0. The van der Waals surface area contributed by atoms with Gasteiger partial charge in [-0.25, -0.2) is 15.2 Å². The number of hydrazine groups is 1. The molecule has 0 radical (unpaired) electrons. The van der Waals surface area contributed by atoms with E-state index in [1.165, 1.54) is 0 Å². The summed E-state index contributed by atoms with van der Waals surface area (Å²) < 4.78 is 23.7. The number of nitrogens with zero attached hydrogens (tertiary/aromatic N) is 1. The van der Waals surface area contributed by atoms with Gasteiger partial charge in [0.15, 0.2) is 0 Å². The zero-order chi connectivity index (χ0) is 9.40. The van der Waals surface area contributed by atoms with Crippen LogP contribution in [0.25, 0.3) is 0 Å². The van der Waals surface area contributed by atoms with Crippen LogP contribution in [0, 0.1) is 11.8 Å². The Bertz CT molecular complexity index is 206. The first-order valence-corrected chi connectivity index (χ1v) is 2.87. The van der Waals surface area contributed by atoms with Gasteiger partial charge in [0.1, 0.15) is 5.82 Å². The fourth-order valence-electron chi connectivity index (χ4n) is 0.358. The minimum Gasteiger partial charge on any atom is -0.297 e. The van der Waals surface area contributed by atoms with Crippen LogP contribution in [0.2, 0.25) is 0 Å². The van der Waals surface area contributed by atoms with Crippen molar-refractivity contribution in [2.75, 3.05) is 0 Å². The third kappa shape index (κ3) is 5.24. The molecular formula is C6H7F2N3O. The number of pyridine rings is 1. The van der Waals surface area contributed by atoms with Crippen LogP contribution in [0.5, 0.6) is 0 Å². The third-order valence-corrected chi connectivity index (χ3v) is 0.759. The van der Waals surface area contributed by atoms with Gasteiger partial charge in [-0.2, -0.15) is 4.39 Å². The number of hydrogen-bond donors (Lipinski definition) is 2. The van der Waals surface area contributed by atoms with Crippen LogP contribution in [-0.4, -0.2) is 11.4 Å². The summed E-state index contributed by atoms with van der Waals surface area (Å²) in [6.45, 7) is 0. The van der Waals surface area contributed by atoms with Gasteiger partial charge in [0.25, 0.3) is 0 Å². The van der Waals surface area contributed by atoms with Gasteiger partial charge in [-0.1, -0.05) is 0 Å². The minimum atomic E-state index is -0.661. The van der Waals surface area contributed by atoms with Crippen LogP contribution >= 0.6 is 0 Å². The van der Waals surface area contributed by atoms with Crippen LogP contribution in [0.1, 0.15) is 0 Å². The highest BCUT2D eigenvalue weighted by Crippen LogP contribution is 1.93. The molecule has 0 aromatic carbocycles. The van der Waals surface area contributed by atoms with Crippen molar-refractivity contribution >= 4 is 6.41 Å². The summed E-state index contributed by atoms with van der Waals surface area (Å²) in [6, 6.07) is 1.98. The smallest absolute Gasteiger partial charge is 0.221 e. The second kappa shape index (κ2) is 6.17. The Morgan fingerprint density at radius 1 is 1.50 bits per heavy atom. The highest BCUT2D eigenvalue weighted by molar-refractivity contribution is 5.44. The van der Waals surface area contributed by atoms with E-state index < -0.39 is 11.8 Å². The number of aromatic nitrogens is 1. The van der Waals surface area contributed by atoms with Crippen LogP contribution < -0.4 is 11.3 Å². The van der Waals surface area contributed by atoms with Crippen molar-refractivity contribution in [1.29, 1.82) is 0 Å². The molecule has 12 heavy (non-hydrogen) atoms. The lowest BCUT2D eigenvalue weighted by Crippen LogP contribution is -2.18. The predicted molar refractivity (Wildman–Crippen MR) is 37.5 cm³/mol. The average molecular weight is 175 g/mol. The minimum absolute atomic E-state index is 0.403. The first-order valence-electron chi connectivity index (χ1n) is 2.87. The van der Waals surface area contributed by atoms with Crippen molar-refractivity contribution in [3.05, 3.63) is 30.1 Å². The summed E-state index contributed by atoms with van der Waals surface area (Å²) in [4.78, 5) is 12.0. The SMILES string of the molecule is Fc1ccc(F)nc1.NNC=O. The summed E-state index contributed by atoms with van der Waals surface area (Å²) in [5, 5.41) is 0. The number of carbonyl (C=O) groups excluding carboxylic acids is 1. The van der Waals surface area contributed by atoms with E-state index in [2.05, 4.69) is 10.8 Å². The van der Waals surface area contributed by atoms with Crippen LogP contribution in [0.3, 0.4) is 0 Å². The molecule has 0 bridgehead atoms. The lowest BCUT2D eigenvalue weighted by atomic mass is 10.5. The van der Waals surface area contributed by atoms with Crippen molar-refractivity contribution < 1.29 is 13.6 Å². The number of nitrogens with two attached hydrogens (primary N) is 1. The molecular weight excluding hydrogens is 168 g/mol. The molecule has 0 saturated carbocycles. The number of carbonyl (C=O) groups is 1. The second-order valence-electron chi connectivity index (χ2n) is 1.58. The molecule has 3 N–H and O–H groups in total. The molecule has 0 aliphatic rings. The molecule has 66 valence electrons. The molecule has 6 heteroatoms. The predicted octanol–water partition coefficient (Wildman–Crippen LogP) is -0.0341. The van der Waals surface area contributed by atoms with E-state index in [1.807, 2.05) is 0 Å². The van der Waals surface area contributed by atoms with E-state index >= 15 is 0 Å². The van der Waals surface area contributed by atoms with Crippen LogP contribution in [-0.2, 0) is 4.79 Å². The molecule has 0 saturated heterocycles. The third-order valence-electron chi connectivity index (χ3n) is 0.759. The molecule has 0 atom stereocenters. The Morgan fingerprint density at radius 2 is 2.08 bits per heavy atom. The quantitative estimate of drug-likeness (QED) is 0.207. The first-order chi connectivity index (χ1) is 5.70. The monoisotopic (exact) mass is 175 g/mol. The van der Waals surface area contributed by atoms with Gasteiger partial charge in [-0.3, -0.25) is 10.2 Å². The van der Waals surface area contributed by atoms with E-state index in [-0.39, 0.29) is 0 Å². The highest BCUT2D eigenvalue weighted by Gasteiger charge is 1.88. The van der Waals surface area contributed by atoms with Crippen LogP contribution in [0.4, 0.5) is 8.78 Å². The second-order valence-corrected chi connectivity index (χ2v) is 1.58. The largest absolute Gasteiger partial charge is 0.297 e. The van der Waals surface area contributed by atoms with E-state index in [0.717, 1.165) is 18.3 Å². The van der Waals surface area contributed by atoms with Gasteiger partial charge in [0.2, 0.25) is 12.4 Å². The topological polar surface area (TPSA) is 68.0 Å². The zero-order valence-electron chi connectivity index (χ0n) is 6.00. The lowest BCUT2D eigenvalue weighted by molar-refractivity contribution is -0.109. The van der Waals surface area contributed by atoms with Gasteiger partial charge in [0.05, 0.1) is 6.20 Å². The van der Waals surface area contributed by atoms with Gasteiger partial charge < -0.3 is 0 Å². The van der Waals surface area contributed by atoms with Gasteiger partial charge in [0, 0.05) is 0 Å². The molecule has 1 heterocycles. The van der Waals surface area contributed by atoms with Crippen molar-refractivity contribution in [1.82, 2.24) is 10.4 Å². The van der Waals surface area contributed by atoms with Gasteiger partial charge in [-0.05, 0) is 12.1 Å². The zero-order valence-corrected chi connectivity index (χ0v) is 6.00. The molecule has 1 rings (SSSR count). The van der Waals surface area contributed by atoms with Crippen molar-refractivity contribution in [2.45, 2.75) is 0 Å². The number of hydrogen-bond acceptors (Lipinski definition) is 3. The van der Waals surface area contributed by atoms with E-state index in [9.17, 15) is 8.78 Å². The molecule has 1 aromatic rings. The maximum atomic E-state index is 11.9. The van der Waals surface area contributed by atoms with Crippen molar-refractivity contribution in [3.8, 4) is 0 Å². The standard InChI is InChI=1S/C5H3F2N.CH4N2O/c6-4-1-2-5(7)8-3-4;2-3-1-4/h1-3H;1H,2H2,(H,3,4). The summed E-state index contributed by atoms with van der Waals surface area (Å²) in [7, 11) is 0. The molecule has 0 spiro atoms. The molecule has 1 amide bonds. The maximum absolute atomic E-state index is 11.9. The summed E-state index contributed by atoms with van der Waals surface area (Å²) in [5.74, 6) is 3.23. The van der Waals surface area contributed by atoms with E-state index in [4.69, 9.17) is 4.79 Å². The number of rotatable bonds is 1. The fourth-order valence-corrected chi connectivity index (χ4v) is 0.358. The van der Waals surface area contributed by atoms with E-state index in [1.54, 1.807) is 5.43 Å². The number of halogens is 2. The Kier molecular flexibility index (Phi) is 5.37. The highest BCUT2D eigenvalue weighted by atomic mass is 19.1. The Hall–Kier alpha value is -1.56. The first kappa shape index (κ1) is 10.4. The summed E-state index contributed by atoms with van der Waals surface area (Å²) in [6.07, 6.45) is 1.23. The Balaban J connectivity index is 0.000000261. The number of nitrogens with one attached hydrogen (secondary N) is 1. The summed E-state index contributed by atoms with van der Waals surface area (Å²) in [5.41, 5.74) is 1.75. The molecule has 0 aliphatic heterocycles. The van der Waals surface area contributed by atoms with Crippen molar-refractivity contribution in [2.24, 2.45) is 5.84 Å². The number of amides is 1. The van der Waals surface area contributed by atoms with Crippen LogP contribution in [0.15, 0.2) is 18.3 Å². The normalized spacial score (nSPS) is 7.92. The molecule has 4 nitrogen and oxygen atoms in total. The Labute approximate surface area is 67.4 Å². The lowest BCUT2D eigenvalue weighted by Gasteiger charge is -1.83. The van der Waals surface area contributed by atoms with Gasteiger partial charge >= 0.3 is 0 Å².